The fraction of sp³-hybridized carbons (Fsp3) is 0.192. The van der Waals surface area contributed by atoms with Crippen LogP contribution in [0.3, 0.4) is 0 Å². The molecule has 0 bridgehead atoms. The van der Waals surface area contributed by atoms with Crippen molar-refractivity contribution in [2.75, 3.05) is 13.1 Å². The summed E-state index contributed by atoms with van der Waals surface area (Å²) in [6, 6.07) is 15.4. The van der Waals surface area contributed by atoms with E-state index in [9.17, 15) is 25.0 Å². The van der Waals surface area contributed by atoms with Crippen molar-refractivity contribution in [1.82, 2.24) is 24.2 Å². The van der Waals surface area contributed by atoms with Crippen molar-refractivity contribution in [2.24, 2.45) is 7.05 Å². The van der Waals surface area contributed by atoms with Crippen molar-refractivity contribution in [3.05, 3.63) is 90.1 Å². The summed E-state index contributed by atoms with van der Waals surface area (Å²) in [5.41, 5.74) is 0.257. The molecule has 5 rings (SSSR count). The average Bonchev–Trinajstić information content (AvgIpc) is 3.68. The van der Waals surface area contributed by atoms with E-state index in [1.165, 1.54) is 23.0 Å². The van der Waals surface area contributed by atoms with E-state index in [0.29, 0.717) is 34.4 Å². The number of hydrogen-bond donors (Lipinski definition) is 0. The zero-order valence-electron chi connectivity index (χ0n) is 20.7. The quantitative estimate of drug-likeness (QED) is 0.259. The number of amides is 1. The molecule has 0 spiro atoms. The third kappa shape index (κ3) is 5.25. The highest BCUT2D eigenvalue weighted by atomic mass is 32.2. The molecule has 1 aliphatic heterocycles. The van der Waals surface area contributed by atoms with Crippen LogP contribution in [0.1, 0.15) is 18.4 Å². The lowest BCUT2D eigenvalue weighted by Crippen LogP contribution is -2.35. The number of hydrogen-bond acceptors (Lipinski definition) is 9. The van der Waals surface area contributed by atoms with Gasteiger partial charge in [0.25, 0.3) is 17.2 Å². The van der Waals surface area contributed by atoms with Crippen molar-refractivity contribution in [3.8, 4) is 11.8 Å². The van der Waals surface area contributed by atoms with Gasteiger partial charge in [-0.3, -0.25) is 24.3 Å². The molecule has 0 saturated carbocycles. The molecule has 0 unspecified atom stereocenters. The lowest BCUT2D eigenvalue weighted by molar-refractivity contribution is -0.387. The lowest BCUT2D eigenvalue weighted by atomic mass is 10.2. The number of thiazole rings is 1. The highest BCUT2D eigenvalue weighted by Crippen LogP contribution is 2.34. The molecule has 0 radical (unpaired) electrons. The van der Waals surface area contributed by atoms with Crippen LogP contribution in [0.2, 0.25) is 0 Å². The van der Waals surface area contributed by atoms with Gasteiger partial charge in [-0.25, -0.2) is 0 Å². The third-order valence-corrected chi connectivity index (χ3v) is 8.33. The Balaban J connectivity index is 1.68. The van der Waals surface area contributed by atoms with Gasteiger partial charge in [-0.15, -0.1) is 21.5 Å². The van der Waals surface area contributed by atoms with E-state index in [1.54, 1.807) is 59.0 Å². The molecule has 4 aromatic rings. The molecule has 11 nitrogen and oxygen atoms in total. The van der Waals surface area contributed by atoms with Crippen molar-refractivity contribution < 1.29 is 9.72 Å². The molecule has 1 amide bonds. The Kier molecular flexibility index (Phi) is 7.40. The number of para-hydroxylation sites is 1. The Hall–Kier alpha value is -4.54. The first-order valence-corrected chi connectivity index (χ1v) is 13.5. The minimum Gasteiger partial charge on any atom is -0.338 e. The van der Waals surface area contributed by atoms with Crippen LogP contribution in [0.4, 0.5) is 5.69 Å². The van der Waals surface area contributed by atoms with E-state index in [4.69, 9.17) is 0 Å². The van der Waals surface area contributed by atoms with Crippen LogP contribution in [0, 0.1) is 21.4 Å². The molecule has 0 N–H and O–H groups in total. The van der Waals surface area contributed by atoms with Crippen molar-refractivity contribution in [3.63, 3.8) is 0 Å². The van der Waals surface area contributed by atoms with Gasteiger partial charge >= 0.3 is 0 Å². The Morgan fingerprint density at radius 2 is 1.95 bits per heavy atom. The van der Waals surface area contributed by atoms with E-state index in [-0.39, 0.29) is 20.5 Å². The number of nitro benzene ring substituents is 1. The highest BCUT2D eigenvalue weighted by molar-refractivity contribution is 7.99. The minimum atomic E-state index is -0.492. The summed E-state index contributed by atoms with van der Waals surface area (Å²) >= 11 is 2.12. The number of likely N-dealkylation sites (tertiary alicyclic amines) is 1. The van der Waals surface area contributed by atoms with Gasteiger partial charge in [0.2, 0.25) is 0 Å². The summed E-state index contributed by atoms with van der Waals surface area (Å²) in [6.45, 7) is 1.12. The molecule has 1 saturated heterocycles. The van der Waals surface area contributed by atoms with Crippen LogP contribution in [0.25, 0.3) is 17.3 Å². The Labute approximate surface area is 230 Å². The van der Waals surface area contributed by atoms with Crippen LogP contribution in [0.5, 0.6) is 0 Å². The maximum Gasteiger partial charge on any atom is 0.283 e. The fourth-order valence-corrected chi connectivity index (χ4v) is 6.14. The first kappa shape index (κ1) is 26.1. The van der Waals surface area contributed by atoms with Gasteiger partial charge < -0.3 is 9.47 Å². The average molecular weight is 560 g/mol. The number of carbonyl (C=O) groups excluding carboxylic acids is 1. The first-order valence-electron chi connectivity index (χ1n) is 11.9. The second-order valence-corrected chi connectivity index (χ2v) is 10.7. The molecule has 1 aliphatic rings. The molecular formula is C26H21N7O4S2. The third-order valence-electron chi connectivity index (χ3n) is 6.12. The standard InChI is InChI=1S/C26H21N7O4S2/c1-30-16-28-29-26(30)39-21-10-9-17(13-20(21)33(36)37)14-22-24(35)32(18-7-3-2-4-8-18)25(38-22)19(15-27)23(34)31-11-5-6-12-31/h2-4,7-10,13-14,16H,5-6,11-12H2,1H3/b22-14+,25-19+. The lowest BCUT2D eigenvalue weighted by Gasteiger charge is -2.14. The summed E-state index contributed by atoms with van der Waals surface area (Å²) in [4.78, 5) is 40.2. The predicted molar refractivity (Wildman–Crippen MR) is 146 cm³/mol. The summed E-state index contributed by atoms with van der Waals surface area (Å²) in [6.07, 6.45) is 4.77. The van der Waals surface area contributed by atoms with E-state index in [2.05, 4.69) is 10.2 Å². The van der Waals surface area contributed by atoms with Crippen molar-refractivity contribution in [2.45, 2.75) is 22.9 Å². The zero-order valence-corrected chi connectivity index (χ0v) is 22.3. The zero-order chi connectivity index (χ0) is 27.5. The maximum atomic E-state index is 13.6. The van der Waals surface area contributed by atoms with E-state index >= 15 is 0 Å². The Morgan fingerprint density at radius 3 is 2.59 bits per heavy atom. The van der Waals surface area contributed by atoms with E-state index in [1.807, 2.05) is 6.07 Å². The number of nitro groups is 1. The van der Waals surface area contributed by atoms with Gasteiger partial charge in [-0.05, 0) is 54.4 Å². The highest BCUT2D eigenvalue weighted by Gasteiger charge is 2.25. The number of nitrogens with zero attached hydrogens (tertiary/aromatic N) is 7. The van der Waals surface area contributed by atoms with Crippen LogP contribution in [-0.2, 0) is 11.8 Å². The molecule has 2 aromatic heterocycles. The van der Waals surface area contributed by atoms with Crippen molar-refractivity contribution >= 4 is 46.3 Å². The largest absolute Gasteiger partial charge is 0.338 e. The molecular weight excluding hydrogens is 538 g/mol. The summed E-state index contributed by atoms with van der Waals surface area (Å²) in [5.74, 6) is -0.409. The minimum absolute atomic E-state index is 0.107. The predicted octanol–water partition coefficient (Wildman–Crippen LogP) is 2.21. The Morgan fingerprint density at radius 1 is 1.21 bits per heavy atom. The van der Waals surface area contributed by atoms with E-state index < -0.39 is 16.4 Å². The first-order chi connectivity index (χ1) is 18.9. The van der Waals surface area contributed by atoms with Crippen LogP contribution < -0.4 is 14.8 Å². The number of carbonyl (C=O) groups is 1. The van der Waals surface area contributed by atoms with Gasteiger partial charge in [0.15, 0.2) is 10.7 Å². The van der Waals surface area contributed by atoms with Crippen LogP contribution in [-0.4, -0.2) is 48.2 Å². The SMILES string of the molecule is Cn1cnnc1Sc1ccc(/C=c2/s/c(=C(\C#N)C(=O)N3CCCC3)n(-c3ccccc3)c2=O)cc1[N+](=O)[O-]. The van der Waals surface area contributed by atoms with Gasteiger partial charge in [0, 0.05) is 26.2 Å². The smallest absolute Gasteiger partial charge is 0.283 e. The van der Waals surface area contributed by atoms with E-state index in [0.717, 1.165) is 35.9 Å². The van der Waals surface area contributed by atoms with Crippen LogP contribution >= 0.6 is 23.1 Å². The van der Waals surface area contributed by atoms with Gasteiger partial charge in [0.05, 0.1) is 20.0 Å². The van der Waals surface area contributed by atoms with Gasteiger partial charge in [-0.1, -0.05) is 24.3 Å². The number of nitriles is 1. The second-order valence-electron chi connectivity index (χ2n) is 8.69. The summed E-state index contributed by atoms with van der Waals surface area (Å²) in [5, 5.41) is 30.1. The van der Waals surface area contributed by atoms with Gasteiger partial charge in [0.1, 0.15) is 17.1 Å². The maximum absolute atomic E-state index is 13.6. The molecule has 3 heterocycles. The molecule has 196 valence electrons. The molecule has 39 heavy (non-hydrogen) atoms. The summed E-state index contributed by atoms with van der Waals surface area (Å²) < 4.78 is 3.47. The van der Waals surface area contributed by atoms with Crippen molar-refractivity contribution in [1.29, 1.82) is 5.26 Å². The fourth-order valence-electron chi connectivity index (χ4n) is 4.19. The van der Waals surface area contributed by atoms with Crippen LogP contribution in [0.15, 0.2) is 69.7 Å². The van der Waals surface area contributed by atoms with Gasteiger partial charge in [-0.2, -0.15) is 5.26 Å². The second kappa shape index (κ2) is 11.1. The molecule has 2 aromatic carbocycles. The molecule has 0 aliphatic carbocycles. The molecule has 13 heteroatoms. The normalized spacial score (nSPS) is 14.4. The number of rotatable bonds is 6. The number of aromatic nitrogens is 4. The Bertz CT molecular complexity index is 1800. The topological polar surface area (TPSA) is 140 Å². The number of benzene rings is 2. The molecule has 0 atom stereocenters. The molecule has 1 fully saturated rings. The number of aryl methyl sites for hydroxylation is 1. The summed E-state index contributed by atoms with van der Waals surface area (Å²) in [7, 11) is 1.74. The monoisotopic (exact) mass is 559 g/mol.